The van der Waals surface area contributed by atoms with Gasteiger partial charge in [0.15, 0.2) is 0 Å². The second kappa shape index (κ2) is 7.43. The van der Waals surface area contributed by atoms with E-state index in [-0.39, 0.29) is 6.04 Å². The summed E-state index contributed by atoms with van der Waals surface area (Å²) in [6.07, 6.45) is 1.11. The highest BCUT2D eigenvalue weighted by Gasteiger charge is 2.16. The third-order valence-electron chi connectivity index (χ3n) is 3.34. The first-order chi connectivity index (χ1) is 9.63. The zero-order valence-electron chi connectivity index (χ0n) is 11.8. The van der Waals surface area contributed by atoms with Crippen LogP contribution in [0.5, 0.6) is 0 Å². The Hall–Kier alpha value is -0.580. The molecule has 1 unspecified atom stereocenters. The molecule has 0 aliphatic rings. The van der Waals surface area contributed by atoms with Crippen LogP contribution >= 0.6 is 34.2 Å². The van der Waals surface area contributed by atoms with Gasteiger partial charge in [-0.3, -0.25) is 0 Å². The van der Waals surface area contributed by atoms with E-state index in [2.05, 4.69) is 77.3 Å². The van der Waals surface area contributed by atoms with Crippen molar-refractivity contribution in [1.82, 2.24) is 5.32 Å². The van der Waals surface area contributed by atoms with E-state index in [4.69, 9.17) is 11.6 Å². The number of hydrogen-bond donors (Lipinski definition) is 1. The van der Waals surface area contributed by atoms with Crippen molar-refractivity contribution in [2.24, 2.45) is 0 Å². The Balaban J connectivity index is 2.41. The molecule has 20 heavy (non-hydrogen) atoms. The third kappa shape index (κ3) is 3.74. The average molecular weight is 400 g/mol. The monoisotopic (exact) mass is 399 g/mol. The predicted octanol–water partition coefficient (Wildman–Crippen LogP) is 5.34. The first-order valence-electron chi connectivity index (χ1n) is 6.87. The molecule has 0 aliphatic heterocycles. The molecule has 1 N–H and O–H groups in total. The van der Waals surface area contributed by atoms with Gasteiger partial charge in [0.2, 0.25) is 0 Å². The van der Waals surface area contributed by atoms with Gasteiger partial charge in [-0.1, -0.05) is 48.9 Å². The van der Waals surface area contributed by atoms with Crippen LogP contribution in [0.4, 0.5) is 0 Å². The molecule has 0 bridgehead atoms. The lowest BCUT2D eigenvalue weighted by Gasteiger charge is -2.21. The number of halogens is 2. The molecule has 1 nitrogen and oxygen atoms in total. The summed E-state index contributed by atoms with van der Waals surface area (Å²) in [6, 6.07) is 15.0. The molecule has 0 amide bonds. The van der Waals surface area contributed by atoms with E-state index in [0.717, 1.165) is 23.6 Å². The van der Waals surface area contributed by atoms with Crippen molar-refractivity contribution >= 4 is 34.2 Å². The molecule has 0 spiro atoms. The van der Waals surface area contributed by atoms with Crippen LogP contribution in [0.3, 0.4) is 0 Å². The summed E-state index contributed by atoms with van der Waals surface area (Å²) < 4.78 is 1.27. The second-order valence-corrected chi connectivity index (χ2v) is 6.49. The first-order valence-corrected chi connectivity index (χ1v) is 8.33. The number of nitrogens with one attached hydrogen (secondary N) is 1. The quantitative estimate of drug-likeness (QED) is 0.669. The van der Waals surface area contributed by atoms with Crippen molar-refractivity contribution in [3.63, 3.8) is 0 Å². The SMILES string of the molecule is CCCNC(c1ccc(C)c(Cl)c1)c1ccccc1I. The third-order valence-corrected chi connectivity index (χ3v) is 4.73. The Bertz CT molecular complexity index is 583. The Morgan fingerprint density at radius 1 is 1.20 bits per heavy atom. The molecule has 0 radical (unpaired) electrons. The molecular formula is C17H19ClIN. The van der Waals surface area contributed by atoms with Crippen LogP contribution in [0.1, 0.15) is 36.1 Å². The van der Waals surface area contributed by atoms with E-state index < -0.39 is 0 Å². The van der Waals surface area contributed by atoms with Gasteiger partial charge >= 0.3 is 0 Å². The predicted molar refractivity (Wildman–Crippen MR) is 95.5 cm³/mol. The van der Waals surface area contributed by atoms with Gasteiger partial charge in [0.1, 0.15) is 0 Å². The fraction of sp³-hybridized carbons (Fsp3) is 0.294. The van der Waals surface area contributed by atoms with Crippen molar-refractivity contribution in [2.45, 2.75) is 26.3 Å². The average Bonchev–Trinajstić information content (AvgIpc) is 2.44. The van der Waals surface area contributed by atoms with Gasteiger partial charge in [-0.15, -0.1) is 0 Å². The van der Waals surface area contributed by atoms with Gasteiger partial charge in [0, 0.05) is 8.59 Å². The Kier molecular flexibility index (Phi) is 5.87. The highest BCUT2D eigenvalue weighted by molar-refractivity contribution is 14.1. The maximum absolute atomic E-state index is 6.29. The Labute approximate surface area is 139 Å². The minimum Gasteiger partial charge on any atom is -0.306 e. The zero-order chi connectivity index (χ0) is 14.5. The minimum absolute atomic E-state index is 0.196. The molecule has 0 fully saturated rings. The van der Waals surface area contributed by atoms with E-state index in [9.17, 15) is 0 Å². The molecule has 1 atom stereocenters. The normalized spacial score (nSPS) is 12.4. The van der Waals surface area contributed by atoms with E-state index >= 15 is 0 Å². The minimum atomic E-state index is 0.196. The Morgan fingerprint density at radius 2 is 1.95 bits per heavy atom. The van der Waals surface area contributed by atoms with Gasteiger partial charge in [-0.05, 0) is 71.3 Å². The Morgan fingerprint density at radius 3 is 2.60 bits per heavy atom. The lowest BCUT2D eigenvalue weighted by atomic mass is 9.97. The summed E-state index contributed by atoms with van der Waals surface area (Å²) in [4.78, 5) is 0. The summed E-state index contributed by atoms with van der Waals surface area (Å²) in [5, 5.41) is 4.46. The molecule has 0 saturated carbocycles. The molecule has 2 rings (SSSR count). The number of hydrogen-bond acceptors (Lipinski definition) is 1. The molecule has 106 valence electrons. The van der Waals surface area contributed by atoms with Crippen LogP contribution in [0.25, 0.3) is 0 Å². The standard InChI is InChI=1S/C17H19ClIN/c1-3-10-20-17(14-6-4-5-7-16(14)19)13-9-8-12(2)15(18)11-13/h4-9,11,17,20H,3,10H2,1-2H3. The van der Waals surface area contributed by atoms with Crippen LogP contribution in [-0.2, 0) is 0 Å². The maximum Gasteiger partial charge on any atom is 0.0587 e. The molecule has 0 heterocycles. The van der Waals surface area contributed by atoms with E-state index in [0.29, 0.717) is 0 Å². The van der Waals surface area contributed by atoms with Crippen LogP contribution in [0, 0.1) is 10.5 Å². The van der Waals surface area contributed by atoms with Gasteiger partial charge in [-0.2, -0.15) is 0 Å². The lowest BCUT2D eigenvalue weighted by molar-refractivity contribution is 0.596. The van der Waals surface area contributed by atoms with E-state index in [1.165, 1.54) is 14.7 Å². The number of benzene rings is 2. The van der Waals surface area contributed by atoms with Crippen LogP contribution in [0.15, 0.2) is 42.5 Å². The lowest BCUT2D eigenvalue weighted by Crippen LogP contribution is -2.24. The fourth-order valence-electron chi connectivity index (χ4n) is 2.19. The van der Waals surface area contributed by atoms with Gasteiger partial charge in [0.05, 0.1) is 6.04 Å². The van der Waals surface area contributed by atoms with Crippen molar-refractivity contribution in [1.29, 1.82) is 0 Å². The van der Waals surface area contributed by atoms with Crippen molar-refractivity contribution in [3.8, 4) is 0 Å². The van der Waals surface area contributed by atoms with Gasteiger partial charge in [-0.25, -0.2) is 0 Å². The first kappa shape index (κ1) is 15.8. The molecule has 2 aromatic rings. The second-order valence-electron chi connectivity index (χ2n) is 4.92. The topological polar surface area (TPSA) is 12.0 Å². The summed E-state index contributed by atoms with van der Waals surface area (Å²) in [6.45, 7) is 5.20. The van der Waals surface area contributed by atoms with Crippen molar-refractivity contribution in [3.05, 3.63) is 67.7 Å². The molecule has 0 saturated heterocycles. The largest absolute Gasteiger partial charge is 0.306 e. The summed E-state index contributed by atoms with van der Waals surface area (Å²) in [7, 11) is 0. The summed E-state index contributed by atoms with van der Waals surface area (Å²) in [5.74, 6) is 0. The van der Waals surface area contributed by atoms with Crippen molar-refractivity contribution in [2.75, 3.05) is 6.54 Å². The summed E-state index contributed by atoms with van der Waals surface area (Å²) in [5.41, 5.74) is 3.65. The fourth-order valence-corrected chi connectivity index (χ4v) is 3.08. The van der Waals surface area contributed by atoms with E-state index in [1.807, 2.05) is 6.92 Å². The molecular weight excluding hydrogens is 381 g/mol. The molecule has 0 aromatic heterocycles. The maximum atomic E-state index is 6.29. The highest BCUT2D eigenvalue weighted by Crippen LogP contribution is 2.29. The number of aryl methyl sites for hydroxylation is 1. The molecule has 3 heteroatoms. The van der Waals surface area contributed by atoms with Gasteiger partial charge in [0.25, 0.3) is 0 Å². The molecule has 0 aliphatic carbocycles. The van der Waals surface area contributed by atoms with Gasteiger partial charge < -0.3 is 5.32 Å². The van der Waals surface area contributed by atoms with E-state index in [1.54, 1.807) is 0 Å². The van der Waals surface area contributed by atoms with Crippen LogP contribution in [-0.4, -0.2) is 6.54 Å². The zero-order valence-corrected chi connectivity index (χ0v) is 14.7. The highest BCUT2D eigenvalue weighted by atomic mass is 127. The summed E-state index contributed by atoms with van der Waals surface area (Å²) >= 11 is 8.69. The smallest absolute Gasteiger partial charge is 0.0587 e. The molecule has 2 aromatic carbocycles. The van der Waals surface area contributed by atoms with Crippen LogP contribution < -0.4 is 5.32 Å². The number of rotatable bonds is 5. The van der Waals surface area contributed by atoms with Crippen molar-refractivity contribution < 1.29 is 0 Å². The van der Waals surface area contributed by atoms with Crippen LogP contribution in [0.2, 0.25) is 5.02 Å².